The molecule has 0 radical (unpaired) electrons. The molecule has 1 aromatic heterocycles. The second-order valence-corrected chi connectivity index (χ2v) is 3.92. The first-order valence-electron chi connectivity index (χ1n) is 5.01. The molecule has 0 amide bonds. The largest absolute Gasteiger partial charge is 0.350 e. The van der Waals surface area contributed by atoms with Gasteiger partial charge in [-0.2, -0.15) is 0 Å². The van der Waals surface area contributed by atoms with Gasteiger partial charge in [0.05, 0.1) is 0 Å². The fraction of sp³-hybridized carbons (Fsp3) is 0.167. The van der Waals surface area contributed by atoms with Crippen LogP contribution in [0.1, 0.15) is 11.1 Å². The van der Waals surface area contributed by atoms with E-state index in [0.717, 1.165) is 16.1 Å². The van der Waals surface area contributed by atoms with Crippen LogP contribution < -0.4 is 5.32 Å². The zero-order chi connectivity index (χ0) is 11.4. The highest BCUT2D eigenvalue weighted by atomic mass is 35.5. The second kappa shape index (κ2) is 4.94. The molecular formula is C12H12ClN3. The number of halogens is 1. The number of hydrogen-bond donors (Lipinski definition) is 1. The van der Waals surface area contributed by atoms with Crippen LogP contribution in [0, 0.1) is 6.92 Å². The molecule has 0 spiro atoms. The van der Waals surface area contributed by atoms with Gasteiger partial charge in [0.1, 0.15) is 0 Å². The van der Waals surface area contributed by atoms with E-state index in [1.165, 1.54) is 0 Å². The second-order valence-electron chi connectivity index (χ2n) is 3.51. The molecule has 0 unspecified atom stereocenters. The standard InChI is InChI=1S/C12H12ClN3/c1-9-3-4-10(7-11(9)13)8-16-12-14-5-2-6-15-12/h2-7H,8H2,1H3,(H,14,15,16). The lowest BCUT2D eigenvalue weighted by atomic mass is 10.1. The van der Waals surface area contributed by atoms with Crippen molar-refractivity contribution in [2.45, 2.75) is 13.5 Å². The monoisotopic (exact) mass is 233 g/mol. The lowest BCUT2D eigenvalue weighted by Crippen LogP contribution is -2.02. The van der Waals surface area contributed by atoms with Crippen molar-refractivity contribution in [1.82, 2.24) is 9.97 Å². The number of nitrogens with zero attached hydrogens (tertiary/aromatic N) is 2. The third kappa shape index (κ3) is 2.70. The molecule has 4 heteroatoms. The van der Waals surface area contributed by atoms with Gasteiger partial charge in [0.25, 0.3) is 0 Å². The van der Waals surface area contributed by atoms with E-state index in [9.17, 15) is 0 Å². The first kappa shape index (κ1) is 10.9. The summed E-state index contributed by atoms with van der Waals surface area (Å²) in [6.45, 7) is 2.66. The molecule has 2 rings (SSSR count). The smallest absolute Gasteiger partial charge is 0.222 e. The topological polar surface area (TPSA) is 37.8 Å². The highest BCUT2D eigenvalue weighted by molar-refractivity contribution is 6.31. The van der Waals surface area contributed by atoms with Crippen molar-refractivity contribution >= 4 is 17.5 Å². The van der Waals surface area contributed by atoms with Crippen LogP contribution in [0.25, 0.3) is 0 Å². The Labute approximate surface area is 99.5 Å². The van der Waals surface area contributed by atoms with Crippen molar-refractivity contribution in [3.05, 3.63) is 52.8 Å². The molecule has 0 bridgehead atoms. The van der Waals surface area contributed by atoms with E-state index in [-0.39, 0.29) is 0 Å². The van der Waals surface area contributed by atoms with E-state index in [2.05, 4.69) is 15.3 Å². The summed E-state index contributed by atoms with van der Waals surface area (Å²) in [7, 11) is 0. The van der Waals surface area contributed by atoms with Gasteiger partial charge in [0, 0.05) is 24.0 Å². The molecule has 1 heterocycles. The maximum absolute atomic E-state index is 6.04. The molecule has 82 valence electrons. The van der Waals surface area contributed by atoms with Gasteiger partial charge < -0.3 is 5.32 Å². The minimum absolute atomic E-state index is 0.624. The Kier molecular flexibility index (Phi) is 3.37. The van der Waals surface area contributed by atoms with Crippen molar-refractivity contribution < 1.29 is 0 Å². The number of rotatable bonds is 3. The fourth-order valence-electron chi connectivity index (χ4n) is 1.32. The van der Waals surface area contributed by atoms with Crippen LogP contribution in [0.5, 0.6) is 0 Å². The van der Waals surface area contributed by atoms with E-state index in [1.807, 2.05) is 25.1 Å². The molecule has 0 saturated heterocycles. The van der Waals surface area contributed by atoms with E-state index < -0.39 is 0 Å². The molecule has 0 aliphatic rings. The molecule has 1 aromatic carbocycles. The van der Waals surface area contributed by atoms with E-state index in [4.69, 9.17) is 11.6 Å². The van der Waals surface area contributed by atoms with E-state index >= 15 is 0 Å². The SMILES string of the molecule is Cc1ccc(CNc2ncccn2)cc1Cl. The summed E-state index contributed by atoms with van der Waals surface area (Å²) in [6.07, 6.45) is 3.41. The minimum Gasteiger partial charge on any atom is -0.350 e. The number of nitrogens with one attached hydrogen (secondary N) is 1. The van der Waals surface area contributed by atoms with Crippen molar-refractivity contribution in [1.29, 1.82) is 0 Å². The first-order valence-corrected chi connectivity index (χ1v) is 5.39. The van der Waals surface area contributed by atoms with Crippen LogP contribution >= 0.6 is 11.6 Å². The summed E-state index contributed by atoms with van der Waals surface area (Å²) in [5.41, 5.74) is 2.20. The highest BCUT2D eigenvalue weighted by Gasteiger charge is 1.98. The number of benzene rings is 1. The van der Waals surface area contributed by atoms with Gasteiger partial charge >= 0.3 is 0 Å². The number of aryl methyl sites for hydroxylation is 1. The Morgan fingerprint density at radius 2 is 2.00 bits per heavy atom. The van der Waals surface area contributed by atoms with Gasteiger partial charge in [-0.25, -0.2) is 9.97 Å². The van der Waals surface area contributed by atoms with Gasteiger partial charge in [-0.3, -0.25) is 0 Å². The van der Waals surface area contributed by atoms with Crippen LogP contribution in [-0.4, -0.2) is 9.97 Å². The van der Waals surface area contributed by atoms with Gasteiger partial charge in [-0.05, 0) is 30.2 Å². The van der Waals surface area contributed by atoms with Gasteiger partial charge in [0.15, 0.2) is 0 Å². The first-order chi connectivity index (χ1) is 7.75. The number of anilines is 1. The van der Waals surface area contributed by atoms with Gasteiger partial charge in [-0.15, -0.1) is 0 Å². The molecule has 16 heavy (non-hydrogen) atoms. The third-order valence-corrected chi connectivity index (χ3v) is 2.66. The van der Waals surface area contributed by atoms with Gasteiger partial charge in [-0.1, -0.05) is 23.7 Å². The molecule has 0 aliphatic heterocycles. The summed E-state index contributed by atoms with van der Waals surface area (Å²) in [5.74, 6) is 0.624. The third-order valence-electron chi connectivity index (χ3n) is 2.25. The van der Waals surface area contributed by atoms with Crippen LogP contribution in [-0.2, 0) is 6.54 Å². The molecule has 3 nitrogen and oxygen atoms in total. The molecule has 0 fully saturated rings. The Morgan fingerprint density at radius 3 is 2.69 bits per heavy atom. The summed E-state index contributed by atoms with van der Waals surface area (Å²) in [6, 6.07) is 7.78. The maximum Gasteiger partial charge on any atom is 0.222 e. The van der Waals surface area contributed by atoms with Crippen molar-refractivity contribution in [2.24, 2.45) is 0 Å². The number of hydrogen-bond acceptors (Lipinski definition) is 3. The lowest BCUT2D eigenvalue weighted by molar-refractivity contribution is 1.05. The quantitative estimate of drug-likeness (QED) is 0.886. The van der Waals surface area contributed by atoms with E-state index in [1.54, 1.807) is 18.5 Å². The molecule has 0 saturated carbocycles. The summed E-state index contributed by atoms with van der Waals surface area (Å²) >= 11 is 6.04. The Hall–Kier alpha value is -1.61. The van der Waals surface area contributed by atoms with Crippen LogP contribution in [0.2, 0.25) is 5.02 Å². The normalized spacial score (nSPS) is 10.1. The molecular weight excluding hydrogens is 222 g/mol. The van der Waals surface area contributed by atoms with Crippen molar-refractivity contribution in [3.63, 3.8) is 0 Å². The molecule has 2 aromatic rings. The summed E-state index contributed by atoms with van der Waals surface area (Å²) in [4.78, 5) is 8.16. The lowest BCUT2D eigenvalue weighted by Gasteiger charge is -2.05. The fourth-order valence-corrected chi connectivity index (χ4v) is 1.52. The highest BCUT2D eigenvalue weighted by Crippen LogP contribution is 2.17. The zero-order valence-corrected chi connectivity index (χ0v) is 9.70. The number of aromatic nitrogens is 2. The summed E-state index contributed by atoms with van der Waals surface area (Å²) < 4.78 is 0. The average Bonchev–Trinajstić information content (AvgIpc) is 2.32. The van der Waals surface area contributed by atoms with Crippen LogP contribution in [0.4, 0.5) is 5.95 Å². The predicted octanol–water partition coefficient (Wildman–Crippen LogP) is 3.05. The van der Waals surface area contributed by atoms with Crippen LogP contribution in [0.3, 0.4) is 0 Å². The minimum atomic E-state index is 0.624. The summed E-state index contributed by atoms with van der Waals surface area (Å²) in [5, 5.41) is 3.91. The van der Waals surface area contributed by atoms with Crippen molar-refractivity contribution in [3.8, 4) is 0 Å². The predicted molar refractivity (Wildman–Crippen MR) is 65.5 cm³/mol. The molecule has 1 N–H and O–H groups in total. The Balaban J connectivity index is 2.03. The molecule has 0 aliphatic carbocycles. The van der Waals surface area contributed by atoms with Crippen molar-refractivity contribution in [2.75, 3.05) is 5.32 Å². The van der Waals surface area contributed by atoms with Gasteiger partial charge in [0.2, 0.25) is 5.95 Å². The average molecular weight is 234 g/mol. The Bertz CT molecular complexity index is 471. The maximum atomic E-state index is 6.04. The zero-order valence-electron chi connectivity index (χ0n) is 8.94. The molecule has 0 atom stereocenters. The Morgan fingerprint density at radius 1 is 1.25 bits per heavy atom. The van der Waals surface area contributed by atoms with Crippen LogP contribution in [0.15, 0.2) is 36.7 Å². The van der Waals surface area contributed by atoms with E-state index in [0.29, 0.717) is 12.5 Å².